The van der Waals surface area contributed by atoms with Crippen LogP contribution in [0.25, 0.3) is 0 Å². The molecule has 12 heterocycles. The number of alkyl halides is 7. The zero-order chi connectivity index (χ0) is 87.4. The van der Waals surface area contributed by atoms with E-state index in [1.807, 2.05) is 36.4 Å². The molecule has 6 N–H and O–H groups in total. The molecule has 0 aliphatic carbocycles. The molecule has 12 rings (SSSR count). The van der Waals surface area contributed by atoms with Crippen molar-refractivity contribution in [2.45, 2.75) is 205 Å². The van der Waals surface area contributed by atoms with Crippen LogP contribution in [-0.4, -0.2) is 274 Å². The minimum Gasteiger partial charge on any atom is -0.468 e. The molecule has 23 atom stereocenters. The van der Waals surface area contributed by atoms with Crippen LogP contribution in [0.1, 0.15) is 79.1 Å². The zero-order valence-corrected chi connectivity index (χ0v) is 65.5. The minimum atomic E-state index is -2.65. The lowest BCUT2D eigenvalue weighted by molar-refractivity contribution is -0.150. The van der Waals surface area contributed by atoms with E-state index in [9.17, 15) is 95.5 Å². The van der Waals surface area contributed by atoms with Crippen LogP contribution in [0, 0.1) is 36.5 Å². The molecule has 628 valence electrons. The van der Waals surface area contributed by atoms with Gasteiger partial charge < -0.3 is 59.1 Å². The number of rotatable bonds is 15. The second kappa shape index (κ2) is 39.0. The van der Waals surface area contributed by atoms with Crippen molar-refractivity contribution in [3.63, 3.8) is 0 Å². The van der Waals surface area contributed by atoms with Gasteiger partial charge in [-0.15, -0.1) is 35.8 Å². The molecule has 6 saturated heterocycles. The van der Waals surface area contributed by atoms with Crippen LogP contribution >= 0.6 is 22.6 Å². The van der Waals surface area contributed by atoms with Crippen molar-refractivity contribution >= 4 is 92.7 Å². The number of hydrogen-bond acceptors (Lipinski definition) is 24. The number of carbonyl (C=O) groups excluding carboxylic acids is 12. The highest BCUT2D eigenvalue weighted by Gasteiger charge is 2.64. The third kappa shape index (κ3) is 19.2. The van der Waals surface area contributed by atoms with E-state index in [1.165, 1.54) is 47.8 Å². The summed E-state index contributed by atoms with van der Waals surface area (Å²) in [5, 5.41) is 57.5. The minimum absolute atomic E-state index is 0.197. The summed E-state index contributed by atoms with van der Waals surface area (Å²) in [4.78, 5) is 144. The van der Waals surface area contributed by atoms with Crippen LogP contribution in [0.4, 0.5) is 26.3 Å². The van der Waals surface area contributed by atoms with Crippen LogP contribution < -0.4 is 0 Å². The Morgan fingerprint density at radius 2 is 0.684 bits per heavy atom. The Morgan fingerprint density at radius 1 is 0.419 bits per heavy atom. The average molecular weight is 1760 g/mol. The number of halogens is 7. The van der Waals surface area contributed by atoms with Crippen molar-refractivity contribution in [1.82, 2.24) is 29.4 Å². The summed E-state index contributed by atoms with van der Waals surface area (Å²) in [5.74, 6) is -2.79. The molecule has 37 heteroatoms. The monoisotopic (exact) mass is 1750 g/mol. The summed E-state index contributed by atoms with van der Waals surface area (Å²) in [6, 6.07) is 0. The van der Waals surface area contributed by atoms with E-state index in [0.717, 1.165) is 79.6 Å². The Hall–Kier alpha value is -10.1. The third-order valence-corrected chi connectivity index (χ3v) is 21.3. The number of ether oxygens (including phenoxy) is 6. The predicted molar refractivity (Wildman–Crippen MR) is 403 cm³/mol. The number of hydrogen-bond donors (Lipinski definition) is 6. The number of allylic oxidation sites excluding steroid dienone is 6. The van der Waals surface area contributed by atoms with E-state index < -0.39 is 199 Å². The van der Waals surface area contributed by atoms with Crippen molar-refractivity contribution in [2.24, 2.45) is 11.8 Å². The number of aliphatic hydroxyl groups excluding tert-OH is 6. The van der Waals surface area contributed by atoms with Crippen molar-refractivity contribution in [1.29, 1.82) is 0 Å². The Labute approximate surface area is 680 Å². The SMILES string of the molecule is C#C[C@@]1(F)[C@H](C)[C@@H](CC)O[C@H]1N1C=CC(=O)CC1=O.C#C[C@@]1(F)[C@H](O)[C@@H](CO)O[C@H]1N1C=CC(=O)CC1=O.C=C=C[C@@]1(F)[C@H](C)[C@@H](CC)O[C@H]1N1C=CC(=O)CC1=O.C=C=C[C@@]1(F)[C@H](O)C(=C)O[C@H]1N1C=CC(=O)CC1=O.C=C=C[C@@]1(F)[C@H](O)[C@@H](CI)O[C@H]1N1C=CC(=O)CC1=O.C=C=C[C@@]1(F)[C@H](O)[C@@H](CO)O[C@H]1N1C=CC(=O)CC1=O. The largest absolute Gasteiger partial charge is 0.468 e. The molecule has 0 radical (unpaired) electrons. The highest BCUT2D eigenvalue weighted by Crippen LogP contribution is 2.47. The molecule has 30 nitrogen and oxygen atoms in total. The second-order valence-electron chi connectivity index (χ2n) is 27.8. The normalized spacial score (nSPS) is 37.2. The lowest BCUT2D eigenvalue weighted by Crippen LogP contribution is -2.52. The Morgan fingerprint density at radius 3 is 1.01 bits per heavy atom. The summed E-state index contributed by atoms with van der Waals surface area (Å²) >= 11 is 1.96. The smallest absolute Gasteiger partial charge is 0.243 e. The molecular weight excluding hydrogens is 1670 g/mol. The topological polar surface area (TPSA) is 401 Å². The highest BCUT2D eigenvalue weighted by molar-refractivity contribution is 14.1. The van der Waals surface area contributed by atoms with Gasteiger partial charge in [-0.1, -0.05) is 95.0 Å². The van der Waals surface area contributed by atoms with E-state index in [0.29, 0.717) is 17.3 Å². The second-order valence-corrected chi connectivity index (χ2v) is 28.7. The van der Waals surface area contributed by atoms with Crippen LogP contribution in [-0.2, 0) is 86.0 Å². The molecule has 0 unspecified atom stereocenters. The van der Waals surface area contributed by atoms with Gasteiger partial charge in [-0.25, -0.2) is 26.3 Å². The number of carbonyl (C=O) groups is 12. The fourth-order valence-electron chi connectivity index (χ4n) is 13.9. The molecule has 6 fully saturated rings. The molecular formula is C80H85F6IN6O24. The van der Waals surface area contributed by atoms with Crippen LogP contribution in [0.15, 0.2) is 160 Å². The quantitative estimate of drug-likeness (QED) is 0.0342. The molecule has 6 amide bonds. The first-order valence-electron chi connectivity index (χ1n) is 35.9. The molecule has 0 saturated carbocycles. The molecule has 117 heavy (non-hydrogen) atoms. The first-order chi connectivity index (χ1) is 55.1. The van der Waals surface area contributed by atoms with E-state index in [1.54, 1.807) is 19.8 Å². The number of ketones is 6. The van der Waals surface area contributed by atoms with Gasteiger partial charge in [0.25, 0.3) is 0 Å². The van der Waals surface area contributed by atoms with E-state index in [-0.39, 0.29) is 66.8 Å². The summed E-state index contributed by atoms with van der Waals surface area (Å²) in [6.07, 6.45) is 9.26. The molecule has 0 bridgehead atoms. The van der Waals surface area contributed by atoms with Crippen molar-refractivity contribution in [3.05, 3.63) is 160 Å². The summed E-state index contributed by atoms with van der Waals surface area (Å²) in [6.45, 7) is 22.5. The van der Waals surface area contributed by atoms with Gasteiger partial charge in [-0.05, 0) is 55.4 Å². The van der Waals surface area contributed by atoms with Gasteiger partial charge in [0.05, 0.1) is 70.1 Å². The first-order valence-corrected chi connectivity index (χ1v) is 37.4. The maximum Gasteiger partial charge on any atom is 0.243 e. The number of terminal acetylenes is 2. The van der Waals surface area contributed by atoms with Crippen LogP contribution in [0.3, 0.4) is 0 Å². The number of amides is 6. The predicted octanol–water partition coefficient (Wildman–Crippen LogP) is 3.14. The first kappa shape index (κ1) is 94.0. The fraction of sp³-hybridized carbons (Fsp3) is 0.475. The van der Waals surface area contributed by atoms with Gasteiger partial charge in [-0.2, -0.15) is 0 Å². The summed E-state index contributed by atoms with van der Waals surface area (Å²) < 4.78 is 122. The van der Waals surface area contributed by atoms with E-state index in [2.05, 4.69) is 61.7 Å². The van der Waals surface area contributed by atoms with Gasteiger partial charge in [0.15, 0.2) is 77.6 Å². The van der Waals surface area contributed by atoms with Gasteiger partial charge in [0.2, 0.25) is 70.0 Å². The lowest BCUT2D eigenvalue weighted by Gasteiger charge is -2.33. The molecule has 0 aromatic rings. The molecule has 0 spiro atoms. The number of nitrogens with zero attached hydrogens (tertiary/aromatic N) is 6. The van der Waals surface area contributed by atoms with Gasteiger partial charge >= 0.3 is 0 Å². The third-order valence-electron chi connectivity index (χ3n) is 20.4. The number of aliphatic hydroxyl groups is 6. The van der Waals surface area contributed by atoms with Gasteiger partial charge in [0.1, 0.15) is 36.3 Å². The molecule has 12 aliphatic rings. The van der Waals surface area contributed by atoms with Gasteiger partial charge in [0, 0.05) is 71.7 Å². The van der Waals surface area contributed by atoms with Crippen molar-refractivity contribution in [2.75, 3.05) is 17.6 Å². The van der Waals surface area contributed by atoms with Crippen LogP contribution in [0.5, 0.6) is 0 Å². The lowest BCUT2D eigenvalue weighted by atomic mass is 9.86. The fourth-order valence-corrected chi connectivity index (χ4v) is 14.6. The standard InChI is InChI=1S/C15H18FNO3.C14H16FNO3.C13H13FINO4.C13H14FNO5.C13H12FNO4.C12H12FNO5/c1-4-7-15(16)10(3)12(5-2)20-14(15)17-8-6-11(18)9-13(17)19;1-4-11-9(3)14(15,5-2)13(19-11)16-7-6-10(17)8-12(16)18;1-2-4-13(14)11(19)9(7-15)20-12(13)16-5-3-8(17)6-10(16)18;1-2-4-13(14)11(19)9(7-16)20-12(13)15-5-3-8(17)6-10(15)18;1-3-5-13(14)11(18)8(2)19-12(13)15-6-4-9(16)7-10(15)17;1-2-12(13)10(18)8(6-15)19-11(12)14-4-3-7(16)5-9(14)17/h6-8,10,12,14H,1,5,9H2,2-3H3;2,6-7,9,11,13H,4,8H2,1,3H3;3-5,9,11-12,19H,1,6-7H2;3-5,9,11-12,16,19H,1,6-7H2;4-6,11-12,18H,1-2,7H2;1,3-4,8,10-11,15,18H,5-6H2/t10-,12-,14-,15-;9-,11-,13-,14-;2*9-,11-,12-,13-;11-,12-,13-;8-,10-,11-,12-/m111111/s1. The Bertz CT molecular complexity index is 4150. The maximum absolute atomic E-state index is 15.3. The molecule has 0 aromatic carbocycles. The van der Waals surface area contributed by atoms with Gasteiger partial charge in [-0.3, -0.25) is 86.9 Å². The van der Waals surface area contributed by atoms with Crippen molar-refractivity contribution < 1.29 is 143 Å². The summed E-state index contributed by atoms with van der Waals surface area (Å²) in [7, 11) is 0. The Balaban J connectivity index is 0.000000194. The van der Waals surface area contributed by atoms with E-state index in [4.69, 9.17) is 51.5 Å². The van der Waals surface area contributed by atoms with Crippen LogP contribution in [0.2, 0.25) is 0 Å². The van der Waals surface area contributed by atoms with E-state index >= 15 is 8.78 Å². The molecule has 0 aromatic heterocycles. The van der Waals surface area contributed by atoms with Crippen molar-refractivity contribution in [3.8, 4) is 24.7 Å². The Kier molecular flexibility index (Phi) is 31.3. The molecule has 12 aliphatic heterocycles. The summed E-state index contributed by atoms with van der Waals surface area (Å²) in [5.41, 5.74) is -4.51. The highest BCUT2D eigenvalue weighted by atomic mass is 127. The average Bonchev–Trinajstić information content (AvgIpc) is 1.66. The zero-order valence-electron chi connectivity index (χ0n) is 63.4. The maximum atomic E-state index is 15.3.